The lowest BCUT2D eigenvalue weighted by atomic mass is 10.1. The van der Waals surface area contributed by atoms with Crippen molar-refractivity contribution in [2.75, 3.05) is 13.7 Å². The van der Waals surface area contributed by atoms with Crippen LogP contribution in [-0.2, 0) is 10.8 Å². The Kier molecular flexibility index (Phi) is 5.06. The van der Waals surface area contributed by atoms with Crippen LogP contribution >= 0.6 is 0 Å². The Bertz CT molecular complexity index is 699. The van der Waals surface area contributed by atoms with Gasteiger partial charge in [-0.25, -0.2) is 14.4 Å². The molecule has 0 radical (unpaired) electrons. The fourth-order valence-corrected chi connectivity index (χ4v) is 3.10. The number of fused-ring (bicyclic) bond motifs is 1. The van der Waals surface area contributed by atoms with Crippen molar-refractivity contribution in [3.05, 3.63) is 29.7 Å². The molecule has 6 heteroatoms. The molecule has 0 amide bonds. The van der Waals surface area contributed by atoms with Gasteiger partial charge in [0.1, 0.15) is 5.82 Å². The summed E-state index contributed by atoms with van der Waals surface area (Å²) in [6.07, 6.45) is 2.01. The molecule has 1 aromatic carbocycles. The average Bonchev–Trinajstić information content (AvgIpc) is 2.47. The molecule has 0 saturated carbocycles. The molecule has 1 aromatic heterocycles. The normalized spacial score (nSPS) is 12.7. The number of rotatable bonds is 5. The molecule has 23 heavy (non-hydrogen) atoms. The van der Waals surface area contributed by atoms with E-state index in [-0.39, 0.29) is 10.9 Å². The van der Waals surface area contributed by atoms with E-state index in [0.717, 1.165) is 0 Å². The van der Waals surface area contributed by atoms with Crippen LogP contribution in [0.1, 0.15) is 26.3 Å². The molecule has 0 fully saturated rings. The summed E-state index contributed by atoms with van der Waals surface area (Å²) in [5.74, 6) is 0.105. The Morgan fingerprint density at radius 1 is 1.22 bits per heavy atom. The second kappa shape index (κ2) is 6.53. The minimum Gasteiger partial charge on any atom is -0.480 e. The van der Waals surface area contributed by atoms with Gasteiger partial charge in [-0.3, -0.25) is 0 Å². The molecule has 0 unspecified atom stereocenters. The van der Waals surface area contributed by atoms with Crippen LogP contribution in [0.2, 0.25) is 18.1 Å². The maximum absolute atomic E-state index is 14.3. The van der Waals surface area contributed by atoms with Gasteiger partial charge in [-0.15, -0.1) is 0 Å². The summed E-state index contributed by atoms with van der Waals surface area (Å²) in [7, 11) is -0.321. The molecule has 2 rings (SSSR count). The molecular weight excluding hydrogens is 311 g/mol. The summed E-state index contributed by atoms with van der Waals surface area (Å²) in [5.41, 5.74) is 1.74. The highest BCUT2D eigenvalue weighted by Crippen LogP contribution is 2.36. The van der Waals surface area contributed by atoms with Crippen molar-refractivity contribution in [3.63, 3.8) is 0 Å². The Morgan fingerprint density at radius 3 is 2.52 bits per heavy atom. The molecule has 0 aliphatic heterocycles. The highest BCUT2D eigenvalue weighted by Gasteiger charge is 2.36. The fraction of sp³-hybridized carbons (Fsp3) is 0.529. The van der Waals surface area contributed by atoms with E-state index in [1.54, 1.807) is 6.07 Å². The first kappa shape index (κ1) is 17.8. The van der Waals surface area contributed by atoms with Crippen molar-refractivity contribution in [1.82, 2.24) is 9.97 Å². The molecule has 0 saturated heterocycles. The monoisotopic (exact) mass is 336 g/mol. The number of aromatic nitrogens is 2. The molecule has 0 atom stereocenters. The molecule has 0 N–H and O–H groups in total. The van der Waals surface area contributed by atoms with Crippen LogP contribution in [0.15, 0.2) is 18.3 Å². The molecule has 0 spiro atoms. The van der Waals surface area contributed by atoms with E-state index in [9.17, 15) is 4.39 Å². The zero-order valence-corrected chi connectivity index (χ0v) is 15.7. The number of nitrogens with zero attached hydrogens (tertiary/aromatic N) is 2. The van der Waals surface area contributed by atoms with Gasteiger partial charge in [0, 0.05) is 12.2 Å². The molecule has 0 aliphatic carbocycles. The average molecular weight is 336 g/mol. The van der Waals surface area contributed by atoms with Crippen LogP contribution < -0.4 is 4.74 Å². The molecular formula is C17H25FN2O2Si. The van der Waals surface area contributed by atoms with Crippen LogP contribution in [0, 0.1) is 5.82 Å². The fourth-order valence-electron chi connectivity index (χ4n) is 2.05. The third kappa shape index (κ3) is 3.87. The predicted octanol–water partition coefficient (Wildman–Crippen LogP) is 4.34. The van der Waals surface area contributed by atoms with E-state index in [4.69, 9.17) is 9.16 Å². The number of halogens is 1. The number of methoxy groups -OCH3 is 1. The maximum atomic E-state index is 14.3. The Morgan fingerprint density at radius 2 is 1.91 bits per heavy atom. The van der Waals surface area contributed by atoms with E-state index in [0.29, 0.717) is 35.5 Å². The van der Waals surface area contributed by atoms with Gasteiger partial charge in [-0.05, 0) is 36.7 Å². The number of ether oxygens (including phenoxy) is 1. The molecule has 2 aromatic rings. The van der Waals surface area contributed by atoms with Gasteiger partial charge < -0.3 is 9.16 Å². The standard InChI is InChI=1S/C17H25FN2O2Si/c1-17(2,3)23(5,6)22-10-9-12-13(18)7-8-14-16(12)20-15(21-4)11-19-14/h7-8,11H,9-10H2,1-6H3. The smallest absolute Gasteiger partial charge is 0.232 e. The summed E-state index contributed by atoms with van der Waals surface area (Å²) in [5, 5.41) is 0.132. The first-order valence-corrected chi connectivity index (χ1v) is 10.7. The van der Waals surface area contributed by atoms with Gasteiger partial charge in [-0.1, -0.05) is 20.8 Å². The summed E-state index contributed by atoms with van der Waals surface area (Å²) < 4.78 is 25.5. The largest absolute Gasteiger partial charge is 0.480 e. The second-order valence-corrected chi connectivity index (χ2v) is 12.0. The quantitative estimate of drug-likeness (QED) is 0.762. The molecule has 0 aliphatic rings. The van der Waals surface area contributed by atoms with Gasteiger partial charge in [0.05, 0.1) is 24.3 Å². The summed E-state index contributed by atoms with van der Waals surface area (Å²) >= 11 is 0. The van der Waals surface area contributed by atoms with Crippen LogP contribution in [0.4, 0.5) is 4.39 Å². The van der Waals surface area contributed by atoms with Crippen molar-refractivity contribution < 1.29 is 13.6 Å². The minimum atomic E-state index is -1.84. The predicted molar refractivity (Wildman–Crippen MR) is 92.9 cm³/mol. The molecule has 1 heterocycles. The van der Waals surface area contributed by atoms with Gasteiger partial charge in [0.2, 0.25) is 5.88 Å². The van der Waals surface area contributed by atoms with Gasteiger partial charge in [-0.2, -0.15) is 0 Å². The van der Waals surface area contributed by atoms with Crippen molar-refractivity contribution in [3.8, 4) is 5.88 Å². The summed E-state index contributed by atoms with van der Waals surface area (Å²) in [6.45, 7) is 11.4. The van der Waals surface area contributed by atoms with Gasteiger partial charge >= 0.3 is 0 Å². The first-order valence-electron chi connectivity index (χ1n) is 7.78. The van der Waals surface area contributed by atoms with Crippen molar-refractivity contribution in [2.45, 2.75) is 45.3 Å². The van der Waals surface area contributed by atoms with Gasteiger partial charge in [0.15, 0.2) is 8.32 Å². The Labute approximate surface area is 138 Å². The zero-order valence-electron chi connectivity index (χ0n) is 14.7. The third-order valence-electron chi connectivity index (χ3n) is 4.57. The van der Waals surface area contributed by atoms with Crippen molar-refractivity contribution in [2.24, 2.45) is 0 Å². The Balaban J connectivity index is 2.24. The molecule has 4 nitrogen and oxygen atoms in total. The highest BCUT2D eigenvalue weighted by molar-refractivity contribution is 6.74. The van der Waals surface area contributed by atoms with E-state index >= 15 is 0 Å². The first-order chi connectivity index (χ1) is 10.7. The highest BCUT2D eigenvalue weighted by atomic mass is 28.4. The van der Waals surface area contributed by atoms with E-state index < -0.39 is 8.32 Å². The van der Waals surface area contributed by atoms with Crippen molar-refractivity contribution >= 4 is 19.4 Å². The Hall–Kier alpha value is -1.53. The zero-order chi connectivity index (χ0) is 17.3. The lowest BCUT2D eigenvalue weighted by Crippen LogP contribution is -2.41. The van der Waals surface area contributed by atoms with Crippen LogP contribution in [-0.4, -0.2) is 32.0 Å². The lowest BCUT2D eigenvalue weighted by molar-refractivity contribution is 0.290. The van der Waals surface area contributed by atoms with Crippen LogP contribution in [0.25, 0.3) is 11.0 Å². The van der Waals surface area contributed by atoms with Crippen molar-refractivity contribution in [1.29, 1.82) is 0 Å². The van der Waals surface area contributed by atoms with E-state index in [2.05, 4.69) is 43.8 Å². The topological polar surface area (TPSA) is 44.2 Å². The minimum absolute atomic E-state index is 0.132. The maximum Gasteiger partial charge on any atom is 0.232 e. The summed E-state index contributed by atoms with van der Waals surface area (Å²) in [6, 6.07) is 3.07. The second-order valence-electron chi connectivity index (χ2n) is 7.16. The molecule has 126 valence electrons. The number of hydrogen-bond acceptors (Lipinski definition) is 4. The lowest BCUT2D eigenvalue weighted by Gasteiger charge is -2.36. The third-order valence-corrected chi connectivity index (χ3v) is 9.11. The number of hydrogen-bond donors (Lipinski definition) is 0. The SMILES string of the molecule is COc1cnc2ccc(F)c(CCO[Si](C)(C)C(C)(C)C)c2n1. The number of benzene rings is 1. The van der Waals surface area contributed by atoms with Gasteiger partial charge in [0.25, 0.3) is 0 Å². The van der Waals surface area contributed by atoms with E-state index in [1.807, 2.05) is 0 Å². The van der Waals surface area contributed by atoms with Crippen LogP contribution in [0.3, 0.4) is 0 Å². The summed E-state index contributed by atoms with van der Waals surface area (Å²) in [4.78, 5) is 8.61. The molecule has 0 bridgehead atoms. The van der Waals surface area contributed by atoms with E-state index in [1.165, 1.54) is 19.4 Å². The van der Waals surface area contributed by atoms with Crippen LogP contribution in [0.5, 0.6) is 5.88 Å².